The van der Waals surface area contributed by atoms with Gasteiger partial charge in [-0.05, 0) is 29.2 Å². The highest BCUT2D eigenvalue weighted by atomic mass is 16.5. The second-order valence-electron chi connectivity index (χ2n) is 4.28. The number of benzene rings is 2. The highest BCUT2D eigenvalue weighted by Gasteiger charge is 2.10. The molecule has 0 spiro atoms. The Morgan fingerprint density at radius 3 is 2.53 bits per heavy atom. The predicted molar refractivity (Wildman–Crippen MR) is 77.1 cm³/mol. The lowest BCUT2D eigenvalue weighted by molar-refractivity contribution is 0.0600. The summed E-state index contributed by atoms with van der Waals surface area (Å²) in [5.74, 6) is -0.329. The quantitative estimate of drug-likeness (QED) is 0.775. The molecule has 0 bridgehead atoms. The van der Waals surface area contributed by atoms with Crippen LogP contribution in [0.3, 0.4) is 0 Å². The van der Waals surface area contributed by atoms with Crippen molar-refractivity contribution in [2.45, 2.75) is 6.42 Å². The summed E-state index contributed by atoms with van der Waals surface area (Å²) < 4.78 is 4.80. The average molecular weight is 252 g/mol. The van der Waals surface area contributed by atoms with E-state index in [2.05, 4.69) is 18.7 Å². The number of esters is 1. The van der Waals surface area contributed by atoms with Gasteiger partial charge in [-0.3, -0.25) is 0 Å². The van der Waals surface area contributed by atoms with Crippen LogP contribution >= 0.6 is 0 Å². The van der Waals surface area contributed by atoms with Crippen LogP contribution in [0.1, 0.15) is 27.0 Å². The lowest BCUT2D eigenvalue weighted by Gasteiger charge is -2.08. The van der Waals surface area contributed by atoms with Crippen LogP contribution in [0.2, 0.25) is 0 Å². The van der Waals surface area contributed by atoms with E-state index in [1.807, 2.05) is 36.4 Å². The van der Waals surface area contributed by atoms with E-state index in [0.29, 0.717) is 5.56 Å². The van der Waals surface area contributed by atoms with Crippen LogP contribution in [0.25, 0.3) is 6.08 Å². The lowest BCUT2D eigenvalue weighted by Crippen LogP contribution is -2.04. The number of carbonyl (C=O) groups excluding carboxylic acids is 1. The SMILES string of the molecule is C=Cc1ccc(Cc2ccccc2)cc1C(=O)OC. The molecule has 0 atom stereocenters. The molecule has 2 nitrogen and oxygen atoms in total. The van der Waals surface area contributed by atoms with Crippen LogP contribution in [0.5, 0.6) is 0 Å². The summed E-state index contributed by atoms with van der Waals surface area (Å²) in [5.41, 5.74) is 3.65. The van der Waals surface area contributed by atoms with Crippen molar-refractivity contribution >= 4 is 12.0 Å². The van der Waals surface area contributed by atoms with Crippen molar-refractivity contribution in [1.82, 2.24) is 0 Å². The van der Waals surface area contributed by atoms with Gasteiger partial charge >= 0.3 is 5.97 Å². The molecule has 0 radical (unpaired) electrons. The molecule has 2 rings (SSSR count). The molecule has 0 aromatic heterocycles. The fourth-order valence-corrected chi connectivity index (χ4v) is 2.01. The molecule has 19 heavy (non-hydrogen) atoms. The van der Waals surface area contributed by atoms with E-state index < -0.39 is 0 Å². The summed E-state index contributed by atoms with van der Waals surface area (Å²) in [7, 11) is 1.39. The van der Waals surface area contributed by atoms with Crippen molar-refractivity contribution in [3.05, 3.63) is 77.4 Å². The molecule has 0 N–H and O–H groups in total. The van der Waals surface area contributed by atoms with Gasteiger partial charge in [0.15, 0.2) is 0 Å². The molecule has 0 saturated heterocycles. The monoisotopic (exact) mass is 252 g/mol. The maximum absolute atomic E-state index is 11.7. The molecule has 96 valence electrons. The molecule has 0 heterocycles. The smallest absolute Gasteiger partial charge is 0.338 e. The van der Waals surface area contributed by atoms with Gasteiger partial charge < -0.3 is 4.74 Å². The molecule has 0 aliphatic carbocycles. The number of methoxy groups -OCH3 is 1. The largest absolute Gasteiger partial charge is 0.465 e. The predicted octanol–water partition coefficient (Wildman–Crippen LogP) is 3.71. The zero-order valence-corrected chi connectivity index (χ0v) is 10.9. The third-order valence-corrected chi connectivity index (χ3v) is 2.99. The lowest BCUT2D eigenvalue weighted by atomic mass is 9.99. The second kappa shape index (κ2) is 6.01. The first-order valence-electron chi connectivity index (χ1n) is 6.12. The van der Waals surface area contributed by atoms with E-state index >= 15 is 0 Å². The molecule has 0 unspecified atom stereocenters. The third kappa shape index (κ3) is 3.10. The second-order valence-corrected chi connectivity index (χ2v) is 4.28. The zero-order chi connectivity index (χ0) is 13.7. The van der Waals surface area contributed by atoms with Crippen molar-refractivity contribution in [2.75, 3.05) is 7.11 Å². The summed E-state index contributed by atoms with van der Waals surface area (Å²) in [6.07, 6.45) is 2.46. The van der Waals surface area contributed by atoms with E-state index in [1.165, 1.54) is 12.7 Å². The first-order chi connectivity index (χ1) is 9.24. The number of hydrogen-bond acceptors (Lipinski definition) is 2. The fraction of sp³-hybridized carbons (Fsp3) is 0.118. The number of hydrogen-bond donors (Lipinski definition) is 0. The maximum Gasteiger partial charge on any atom is 0.338 e. The molecule has 2 heteroatoms. The Morgan fingerprint density at radius 2 is 1.89 bits per heavy atom. The summed E-state index contributed by atoms with van der Waals surface area (Å²) >= 11 is 0. The maximum atomic E-state index is 11.7. The standard InChI is InChI=1S/C17H16O2/c1-3-15-10-9-14(12-16(15)17(18)19-2)11-13-7-5-4-6-8-13/h3-10,12H,1,11H2,2H3. The highest BCUT2D eigenvalue weighted by Crippen LogP contribution is 2.17. The molecule has 0 aliphatic rings. The molecule has 2 aromatic rings. The first-order valence-corrected chi connectivity index (χ1v) is 6.12. The Bertz CT molecular complexity index is 585. The normalized spacial score (nSPS) is 9.95. The first kappa shape index (κ1) is 13.1. The molecular weight excluding hydrogens is 236 g/mol. The molecule has 0 saturated carbocycles. The average Bonchev–Trinajstić information content (AvgIpc) is 2.47. The van der Waals surface area contributed by atoms with Gasteiger partial charge in [-0.25, -0.2) is 4.79 Å². The van der Waals surface area contributed by atoms with Crippen LogP contribution in [0.15, 0.2) is 55.1 Å². The van der Waals surface area contributed by atoms with Crippen molar-refractivity contribution in [3.8, 4) is 0 Å². The third-order valence-electron chi connectivity index (χ3n) is 2.99. The Balaban J connectivity index is 2.33. The summed E-state index contributed by atoms with van der Waals surface area (Å²) in [6.45, 7) is 3.71. The number of carbonyl (C=O) groups is 1. The summed E-state index contributed by atoms with van der Waals surface area (Å²) in [6, 6.07) is 15.9. The minimum atomic E-state index is -0.329. The fourth-order valence-electron chi connectivity index (χ4n) is 2.01. The topological polar surface area (TPSA) is 26.3 Å². The minimum Gasteiger partial charge on any atom is -0.465 e. The Morgan fingerprint density at radius 1 is 1.16 bits per heavy atom. The Labute approximate surface area is 113 Å². The van der Waals surface area contributed by atoms with E-state index in [1.54, 1.807) is 6.08 Å². The van der Waals surface area contributed by atoms with Crippen molar-refractivity contribution < 1.29 is 9.53 Å². The van der Waals surface area contributed by atoms with Crippen LogP contribution in [0, 0.1) is 0 Å². The van der Waals surface area contributed by atoms with Gasteiger partial charge in [-0.1, -0.05) is 55.1 Å². The van der Waals surface area contributed by atoms with Gasteiger partial charge in [-0.2, -0.15) is 0 Å². The zero-order valence-electron chi connectivity index (χ0n) is 10.9. The van der Waals surface area contributed by atoms with E-state index in [4.69, 9.17) is 4.74 Å². The Hall–Kier alpha value is -2.35. The van der Waals surface area contributed by atoms with Gasteiger partial charge in [0.05, 0.1) is 12.7 Å². The molecular formula is C17H16O2. The summed E-state index contributed by atoms with van der Waals surface area (Å²) in [5, 5.41) is 0. The van der Waals surface area contributed by atoms with Gasteiger partial charge in [0.1, 0.15) is 0 Å². The van der Waals surface area contributed by atoms with Crippen molar-refractivity contribution in [1.29, 1.82) is 0 Å². The van der Waals surface area contributed by atoms with E-state index in [-0.39, 0.29) is 5.97 Å². The van der Waals surface area contributed by atoms with Crippen LogP contribution in [-0.4, -0.2) is 13.1 Å². The van der Waals surface area contributed by atoms with E-state index in [9.17, 15) is 4.79 Å². The van der Waals surface area contributed by atoms with Gasteiger partial charge in [0.25, 0.3) is 0 Å². The van der Waals surface area contributed by atoms with Gasteiger partial charge in [0, 0.05) is 0 Å². The van der Waals surface area contributed by atoms with Crippen LogP contribution < -0.4 is 0 Å². The number of ether oxygens (including phenoxy) is 1. The van der Waals surface area contributed by atoms with Crippen LogP contribution in [-0.2, 0) is 11.2 Å². The molecule has 0 fully saturated rings. The molecule has 0 amide bonds. The molecule has 2 aromatic carbocycles. The number of rotatable bonds is 4. The Kier molecular flexibility index (Phi) is 4.14. The summed E-state index contributed by atoms with van der Waals surface area (Å²) in [4.78, 5) is 11.7. The van der Waals surface area contributed by atoms with Crippen LogP contribution in [0.4, 0.5) is 0 Å². The minimum absolute atomic E-state index is 0.329. The van der Waals surface area contributed by atoms with Gasteiger partial charge in [-0.15, -0.1) is 0 Å². The molecule has 0 aliphatic heterocycles. The van der Waals surface area contributed by atoms with Crippen molar-refractivity contribution in [2.24, 2.45) is 0 Å². The highest BCUT2D eigenvalue weighted by molar-refractivity contribution is 5.93. The van der Waals surface area contributed by atoms with Crippen molar-refractivity contribution in [3.63, 3.8) is 0 Å². The van der Waals surface area contributed by atoms with E-state index in [0.717, 1.165) is 17.5 Å². The van der Waals surface area contributed by atoms with Gasteiger partial charge in [0.2, 0.25) is 0 Å².